The van der Waals surface area contributed by atoms with Crippen molar-refractivity contribution in [1.29, 1.82) is 0 Å². The van der Waals surface area contributed by atoms with Gasteiger partial charge in [0.15, 0.2) is 0 Å². The number of rotatable bonds is 1. The number of aromatic nitrogens is 1. The first kappa shape index (κ1) is 23.6. The lowest BCUT2D eigenvalue weighted by Crippen LogP contribution is -2.48. The van der Waals surface area contributed by atoms with Gasteiger partial charge in [0.1, 0.15) is 12.4 Å². The second-order valence-corrected chi connectivity index (χ2v) is 9.28. The molecule has 186 valence electrons. The Balaban J connectivity index is 1.49. The Kier molecular flexibility index (Phi) is 6.45. The van der Waals surface area contributed by atoms with Crippen molar-refractivity contribution in [3.05, 3.63) is 75.6 Å². The van der Waals surface area contributed by atoms with Crippen LogP contribution in [0.1, 0.15) is 45.5 Å². The predicted molar refractivity (Wildman–Crippen MR) is 134 cm³/mol. The molecule has 0 spiro atoms. The zero-order valence-corrected chi connectivity index (χ0v) is 20.0. The molecule has 0 aliphatic carbocycles. The number of H-pyrrole nitrogens is 1. The number of fused-ring (bicyclic) bond motifs is 5. The Morgan fingerprint density at radius 1 is 1.00 bits per heavy atom. The monoisotopic (exact) mass is 488 g/mol. The summed E-state index contributed by atoms with van der Waals surface area (Å²) in [5.74, 6) is -0.174. The van der Waals surface area contributed by atoms with Crippen molar-refractivity contribution in [1.82, 2.24) is 20.5 Å². The molecule has 0 unspecified atom stereocenters. The first-order valence-corrected chi connectivity index (χ1v) is 12.1. The highest BCUT2D eigenvalue weighted by atomic mass is 16.5. The Labute approximate surface area is 207 Å². The van der Waals surface area contributed by atoms with Crippen LogP contribution >= 0.6 is 0 Å². The zero-order valence-electron chi connectivity index (χ0n) is 20.0. The molecule has 1 aromatic heterocycles. The van der Waals surface area contributed by atoms with Crippen LogP contribution in [0, 0.1) is 6.92 Å². The molecule has 3 heterocycles. The van der Waals surface area contributed by atoms with Gasteiger partial charge in [-0.3, -0.25) is 19.2 Å². The molecule has 2 aliphatic rings. The molecule has 1 fully saturated rings. The van der Waals surface area contributed by atoms with E-state index in [1.54, 1.807) is 35.2 Å². The summed E-state index contributed by atoms with van der Waals surface area (Å²) in [4.78, 5) is 56.3. The largest absolute Gasteiger partial charge is 0.491 e. The summed E-state index contributed by atoms with van der Waals surface area (Å²) in [5, 5.41) is 6.45. The SMILES string of the molecule is Cc1ccc2cc1OCCNC(=O)C[C@@H]1CC[C@H](CNC2=O)N1C(=O)c1cc(=O)[nH]c2ccccc12. The molecule has 4 bridgehead atoms. The molecular weight excluding hydrogens is 460 g/mol. The van der Waals surface area contributed by atoms with Crippen molar-refractivity contribution >= 4 is 28.6 Å². The van der Waals surface area contributed by atoms with Crippen LogP contribution in [0.15, 0.2) is 53.3 Å². The number of nitrogens with one attached hydrogen (secondary N) is 3. The van der Waals surface area contributed by atoms with E-state index in [-0.39, 0.29) is 60.5 Å². The van der Waals surface area contributed by atoms with Crippen LogP contribution in [0.5, 0.6) is 5.75 Å². The van der Waals surface area contributed by atoms with Gasteiger partial charge >= 0.3 is 0 Å². The number of amides is 3. The highest BCUT2D eigenvalue weighted by Gasteiger charge is 2.39. The molecule has 2 atom stereocenters. The van der Waals surface area contributed by atoms with E-state index in [1.807, 2.05) is 19.1 Å². The van der Waals surface area contributed by atoms with E-state index in [2.05, 4.69) is 15.6 Å². The van der Waals surface area contributed by atoms with Crippen molar-refractivity contribution in [3.8, 4) is 5.75 Å². The second kappa shape index (κ2) is 9.85. The molecule has 5 rings (SSSR count). The number of nitrogens with zero attached hydrogens (tertiary/aromatic N) is 1. The van der Waals surface area contributed by atoms with E-state index in [0.717, 1.165) is 5.56 Å². The summed E-state index contributed by atoms with van der Waals surface area (Å²) in [7, 11) is 0. The Morgan fingerprint density at radius 2 is 1.81 bits per heavy atom. The van der Waals surface area contributed by atoms with Gasteiger partial charge in [-0.2, -0.15) is 0 Å². The lowest BCUT2D eigenvalue weighted by Gasteiger charge is -2.31. The molecule has 3 amide bonds. The first-order chi connectivity index (χ1) is 17.4. The number of para-hydroxylation sites is 1. The van der Waals surface area contributed by atoms with Gasteiger partial charge in [0, 0.05) is 47.6 Å². The summed E-state index contributed by atoms with van der Waals surface area (Å²) in [6, 6.07) is 13.0. The van der Waals surface area contributed by atoms with E-state index < -0.39 is 0 Å². The van der Waals surface area contributed by atoms with E-state index in [0.29, 0.717) is 41.6 Å². The minimum Gasteiger partial charge on any atom is -0.491 e. The fourth-order valence-electron chi connectivity index (χ4n) is 5.06. The quantitative estimate of drug-likeness (QED) is 0.485. The molecule has 1 saturated heterocycles. The van der Waals surface area contributed by atoms with Gasteiger partial charge in [-0.05, 0) is 43.5 Å². The molecule has 36 heavy (non-hydrogen) atoms. The molecule has 3 aromatic rings. The number of carbonyl (C=O) groups is 3. The predicted octanol–water partition coefficient (Wildman–Crippen LogP) is 2.14. The molecule has 0 radical (unpaired) electrons. The van der Waals surface area contributed by atoms with Gasteiger partial charge in [0.05, 0.1) is 12.1 Å². The van der Waals surface area contributed by atoms with Crippen LogP contribution in [0.3, 0.4) is 0 Å². The van der Waals surface area contributed by atoms with Gasteiger partial charge in [-0.15, -0.1) is 0 Å². The topological polar surface area (TPSA) is 121 Å². The maximum absolute atomic E-state index is 13.9. The summed E-state index contributed by atoms with van der Waals surface area (Å²) in [6.07, 6.45) is 1.38. The average molecular weight is 489 g/mol. The highest BCUT2D eigenvalue weighted by molar-refractivity contribution is 6.06. The van der Waals surface area contributed by atoms with Gasteiger partial charge in [-0.1, -0.05) is 24.3 Å². The maximum atomic E-state index is 13.9. The fraction of sp³-hybridized carbons (Fsp3) is 0.333. The Bertz CT molecular complexity index is 1400. The summed E-state index contributed by atoms with van der Waals surface area (Å²) in [5.41, 5.74) is 1.84. The molecule has 2 aliphatic heterocycles. The number of ether oxygens (including phenoxy) is 1. The maximum Gasteiger partial charge on any atom is 0.255 e. The number of pyridine rings is 1. The molecule has 2 aromatic carbocycles. The lowest BCUT2D eigenvalue weighted by atomic mass is 10.1. The fourth-order valence-corrected chi connectivity index (χ4v) is 5.06. The van der Waals surface area contributed by atoms with Crippen LogP contribution in [-0.2, 0) is 4.79 Å². The number of aryl methyl sites for hydroxylation is 1. The summed E-state index contributed by atoms with van der Waals surface area (Å²) in [6.45, 7) is 2.68. The van der Waals surface area contributed by atoms with Gasteiger partial charge in [0.25, 0.3) is 11.8 Å². The third kappa shape index (κ3) is 4.68. The van der Waals surface area contributed by atoms with Gasteiger partial charge < -0.3 is 25.3 Å². The lowest BCUT2D eigenvalue weighted by molar-refractivity contribution is -0.122. The normalized spacial score (nSPS) is 20.6. The van der Waals surface area contributed by atoms with Crippen molar-refractivity contribution < 1.29 is 19.1 Å². The average Bonchev–Trinajstić information content (AvgIpc) is 3.26. The third-order valence-corrected chi connectivity index (χ3v) is 6.89. The Morgan fingerprint density at radius 3 is 2.67 bits per heavy atom. The number of benzene rings is 2. The van der Waals surface area contributed by atoms with E-state index in [1.165, 1.54) is 6.07 Å². The summed E-state index contributed by atoms with van der Waals surface area (Å²) < 4.78 is 5.79. The van der Waals surface area contributed by atoms with Crippen LogP contribution in [0.2, 0.25) is 0 Å². The highest BCUT2D eigenvalue weighted by Crippen LogP contribution is 2.30. The smallest absolute Gasteiger partial charge is 0.255 e. The summed E-state index contributed by atoms with van der Waals surface area (Å²) >= 11 is 0. The van der Waals surface area contributed by atoms with Gasteiger partial charge in [-0.25, -0.2) is 0 Å². The number of hydrogen-bond acceptors (Lipinski definition) is 5. The van der Waals surface area contributed by atoms with Crippen LogP contribution in [0.4, 0.5) is 0 Å². The number of carbonyl (C=O) groups excluding carboxylic acids is 3. The van der Waals surface area contributed by atoms with E-state index in [9.17, 15) is 19.2 Å². The molecule has 9 heteroatoms. The van der Waals surface area contributed by atoms with Crippen LogP contribution in [0.25, 0.3) is 10.9 Å². The minimum absolute atomic E-state index is 0.129. The Hall–Kier alpha value is -4.14. The van der Waals surface area contributed by atoms with Crippen molar-refractivity contribution in [2.45, 2.75) is 38.3 Å². The van der Waals surface area contributed by atoms with Crippen molar-refractivity contribution in [2.75, 3.05) is 19.7 Å². The van der Waals surface area contributed by atoms with Crippen molar-refractivity contribution in [3.63, 3.8) is 0 Å². The van der Waals surface area contributed by atoms with E-state index in [4.69, 9.17) is 4.74 Å². The molecule has 9 nitrogen and oxygen atoms in total. The number of aromatic amines is 1. The zero-order chi connectivity index (χ0) is 25.2. The first-order valence-electron chi connectivity index (χ1n) is 12.1. The standard InChI is InChI=1S/C27H28N4O5/c1-16-6-7-17-12-23(16)36-11-10-28-24(32)13-18-8-9-19(15-29-26(17)34)31(18)27(35)21-14-25(33)30-22-5-3-2-4-20(21)22/h2-7,12,14,18-19H,8-11,13,15H2,1H3,(H,28,32)(H,29,34)(H,30,33)/t18-,19+/m0/s1. The van der Waals surface area contributed by atoms with Gasteiger partial charge in [0.2, 0.25) is 11.5 Å². The van der Waals surface area contributed by atoms with Crippen molar-refractivity contribution in [2.24, 2.45) is 0 Å². The molecule has 3 N–H and O–H groups in total. The number of hydrogen-bond donors (Lipinski definition) is 3. The molecular formula is C27H28N4O5. The third-order valence-electron chi connectivity index (χ3n) is 6.89. The van der Waals surface area contributed by atoms with Crippen LogP contribution in [-0.4, -0.2) is 59.4 Å². The second-order valence-electron chi connectivity index (χ2n) is 9.28. The van der Waals surface area contributed by atoms with E-state index >= 15 is 0 Å². The minimum atomic E-state index is -0.371. The molecule has 0 saturated carbocycles. The van der Waals surface area contributed by atoms with Crippen LogP contribution < -0.4 is 20.9 Å².